The molecule has 0 unspecified atom stereocenters. The molecule has 0 radical (unpaired) electrons. The van der Waals surface area contributed by atoms with Crippen LogP contribution in [0.4, 0.5) is 0 Å². The van der Waals surface area contributed by atoms with Crippen molar-refractivity contribution >= 4 is 22.8 Å². The van der Waals surface area contributed by atoms with E-state index < -0.39 is 0 Å². The first kappa shape index (κ1) is 14.5. The van der Waals surface area contributed by atoms with Crippen LogP contribution in [-0.2, 0) is 9.59 Å². The summed E-state index contributed by atoms with van der Waals surface area (Å²) in [6.45, 7) is 5.26. The predicted molar refractivity (Wildman–Crippen MR) is 71.1 cm³/mol. The van der Waals surface area contributed by atoms with Gasteiger partial charge in [-0.1, -0.05) is 11.8 Å². The minimum Gasteiger partial charge on any atom is -0.340 e. The number of hydrogen-bond acceptors (Lipinski definition) is 4. The number of hydrogen-bond donors (Lipinski definition) is 0. The maximum Gasteiger partial charge on any atom is 0.222 e. The van der Waals surface area contributed by atoms with Gasteiger partial charge in [-0.15, -0.1) is 0 Å². The van der Waals surface area contributed by atoms with E-state index in [2.05, 4.69) is 11.9 Å². The van der Waals surface area contributed by atoms with Crippen LogP contribution in [0.1, 0.15) is 26.2 Å². The van der Waals surface area contributed by atoms with E-state index in [9.17, 15) is 9.59 Å². The van der Waals surface area contributed by atoms with Crippen molar-refractivity contribution in [3.05, 3.63) is 0 Å². The number of likely N-dealkylation sites (N-methyl/N-ethyl adjacent to an activating group) is 1. The van der Waals surface area contributed by atoms with Crippen LogP contribution in [0, 0.1) is 0 Å². The first-order chi connectivity index (χ1) is 8.09. The van der Waals surface area contributed by atoms with Crippen molar-refractivity contribution in [3.8, 4) is 0 Å². The highest BCUT2D eigenvalue weighted by Crippen LogP contribution is 2.09. The lowest BCUT2D eigenvalue weighted by Crippen LogP contribution is -2.47. The van der Waals surface area contributed by atoms with Gasteiger partial charge in [-0.25, -0.2) is 0 Å². The van der Waals surface area contributed by atoms with Gasteiger partial charge < -0.3 is 9.80 Å². The van der Waals surface area contributed by atoms with Crippen LogP contribution < -0.4 is 0 Å². The van der Waals surface area contributed by atoms with Crippen molar-refractivity contribution in [2.75, 3.05) is 39.0 Å². The Hall–Kier alpha value is -0.550. The summed E-state index contributed by atoms with van der Waals surface area (Å²) in [6, 6.07) is 0. The first-order valence-corrected chi connectivity index (χ1v) is 7.18. The van der Waals surface area contributed by atoms with Crippen LogP contribution in [-0.4, -0.2) is 59.8 Å². The van der Waals surface area contributed by atoms with Crippen LogP contribution in [0.5, 0.6) is 0 Å². The lowest BCUT2D eigenvalue weighted by atomic mass is 10.2. The molecule has 4 nitrogen and oxygen atoms in total. The molecule has 0 atom stereocenters. The Labute approximate surface area is 108 Å². The average molecular weight is 258 g/mol. The third-order valence-electron chi connectivity index (χ3n) is 2.95. The predicted octanol–water partition coefficient (Wildman–Crippen LogP) is 1.21. The second-order valence-electron chi connectivity index (χ2n) is 4.48. The Balaban J connectivity index is 2.06. The summed E-state index contributed by atoms with van der Waals surface area (Å²) in [5, 5.41) is 0.162. The van der Waals surface area contributed by atoms with Gasteiger partial charge in [0.2, 0.25) is 5.91 Å². The smallest absolute Gasteiger partial charge is 0.222 e. The van der Waals surface area contributed by atoms with Gasteiger partial charge in [0, 0.05) is 45.3 Å². The molecule has 0 aliphatic carbocycles. The zero-order valence-corrected chi connectivity index (χ0v) is 11.6. The van der Waals surface area contributed by atoms with Crippen molar-refractivity contribution in [1.29, 1.82) is 0 Å². The Morgan fingerprint density at radius 2 is 1.76 bits per heavy atom. The highest BCUT2D eigenvalue weighted by molar-refractivity contribution is 8.13. The quantitative estimate of drug-likeness (QED) is 0.695. The molecule has 1 heterocycles. The topological polar surface area (TPSA) is 40.6 Å². The summed E-state index contributed by atoms with van der Waals surface area (Å²) < 4.78 is 0. The van der Waals surface area contributed by atoms with Crippen LogP contribution in [0.3, 0.4) is 0 Å². The van der Waals surface area contributed by atoms with Crippen molar-refractivity contribution in [2.24, 2.45) is 0 Å². The third kappa shape index (κ3) is 6.07. The van der Waals surface area contributed by atoms with Crippen molar-refractivity contribution in [2.45, 2.75) is 26.2 Å². The van der Waals surface area contributed by atoms with E-state index in [1.165, 1.54) is 11.8 Å². The molecule has 1 saturated heterocycles. The van der Waals surface area contributed by atoms with E-state index in [1.54, 1.807) is 6.92 Å². The summed E-state index contributed by atoms with van der Waals surface area (Å²) in [5.74, 6) is 1.11. The number of nitrogens with zero attached hydrogens (tertiary/aromatic N) is 2. The molecule has 1 amide bonds. The van der Waals surface area contributed by atoms with Crippen LogP contribution in [0.2, 0.25) is 0 Å². The minimum atomic E-state index is 0.162. The van der Waals surface area contributed by atoms with E-state index >= 15 is 0 Å². The highest BCUT2D eigenvalue weighted by Gasteiger charge is 2.18. The van der Waals surface area contributed by atoms with Crippen molar-refractivity contribution in [1.82, 2.24) is 9.80 Å². The summed E-state index contributed by atoms with van der Waals surface area (Å²) in [6.07, 6.45) is 2.47. The zero-order valence-electron chi connectivity index (χ0n) is 10.8. The van der Waals surface area contributed by atoms with Gasteiger partial charge in [0.1, 0.15) is 0 Å². The molecule has 1 rings (SSSR count). The van der Waals surface area contributed by atoms with Crippen LogP contribution in [0.15, 0.2) is 0 Å². The Bertz CT molecular complexity index is 263. The van der Waals surface area contributed by atoms with Crippen LogP contribution >= 0.6 is 11.8 Å². The molecule has 0 aromatic carbocycles. The first-order valence-electron chi connectivity index (χ1n) is 6.19. The van der Waals surface area contributed by atoms with Gasteiger partial charge in [0.15, 0.2) is 5.12 Å². The number of thioether (sulfide) groups is 1. The molecule has 17 heavy (non-hydrogen) atoms. The summed E-state index contributed by atoms with van der Waals surface area (Å²) in [7, 11) is 2.08. The lowest BCUT2D eigenvalue weighted by Gasteiger charge is -2.32. The molecule has 1 fully saturated rings. The van der Waals surface area contributed by atoms with Gasteiger partial charge in [0.25, 0.3) is 0 Å². The molecule has 0 N–H and O–H groups in total. The molecule has 0 aromatic heterocycles. The molecule has 1 aliphatic heterocycles. The van der Waals surface area contributed by atoms with E-state index in [4.69, 9.17) is 0 Å². The van der Waals surface area contributed by atoms with Gasteiger partial charge >= 0.3 is 0 Å². The largest absolute Gasteiger partial charge is 0.340 e. The molecule has 1 aliphatic rings. The molecule has 0 spiro atoms. The number of unbranched alkanes of at least 4 members (excludes halogenated alkanes) is 1. The van der Waals surface area contributed by atoms with Gasteiger partial charge in [0.05, 0.1) is 0 Å². The summed E-state index contributed by atoms with van der Waals surface area (Å²) >= 11 is 1.35. The number of rotatable bonds is 5. The normalized spacial score (nSPS) is 17.2. The van der Waals surface area contributed by atoms with Gasteiger partial charge in [-0.05, 0) is 19.9 Å². The molecular formula is C12H22N2O2S. The molecule has 0 aromatic rings. The second-order valence-corrected chi connectivity index (χ2v) is 5.75. The molecule has 98 valence electrons. The Kier molecular flexibility index (Phi) is 6.58. The van der Waals surface area contributed by atoms with Gasteiger partial charge in [-0.2, -0.15) is 0 Å². The van der Waals surface area contributed by atoms with Crippen LogP contribution in [0.25, 0.3) is 0 Å². The Morgan fingerprint density at radius 3 is 2.35 bits per heavy atom. The van der Waals surface area contributed by atoms with Crippen molar-refractivity contribution < 1.29 is 9.59 Å². The number of piperazine rings is 1. The minimum absolute atomic E-state index is 0.162. The van der Waals surface area contributed by atoms with E-state index in [0.717, 1.165) is 44.8 Å². The monoisotopic (exact) mass is 258 g/mol. The summed E-state index contributed by atoms with van der Waals surface area (Å²) in [5.41, 5.74) is 0. The van der Waals surface area contributed by atoms with E-state index in [-0.39, 0.29) is 11.0 Å². The molecule has 5 heteroatoms. The fraction of sp³-hybridized carbons (Fsp3) is 0.833. The second kappa shape index (κ2) is 7.71. The maximum atomic E-state index is 11.8. The number of carbonyl (C=O) groups excluding carboxylic acids is 2. The lowest BCUT2D eigenvalue weighted by molar-refractivity contribution is -0.132. The molecule has 0 saturated carbocycles. The zero-order chi connectivity index (χ0) is 12.7. The average Bonchev–Trinajstić information content (AvgIpc) is 2.29. The maximum absolute atomic E-state index is 11.8. The highest BCUT2D eigenvalue weighted by atomic mass is 32.2. The summed E-state index contributed by atoms with van der Waals surface area (Å²) in [4.78, 5) is 26.7. The fourth-order valence-corrected chi connectivity index (χ4v) is 2.44. The molecule has 0 bridgehead atoms. The van der Waals surface area contributed by atoms with E-state index in [0.29, 0.717) is 6.42 Å². The van der Waals surface area contributed by atoms with Gasteiger partial charge in [-0.3, -0.25) is 9.59 Å². The third-order valence-corrected chi connectivity index (χ3v) is 3.85. The SMILES string of the molecule is CC(=O)SCCCCC(=O)N1CCN(C)CC1. The number of carbonyl (C=O) groups is 2. The van der Waals surface area contributed by atoms with Crippen molar-refractivity contribution in [3.63, 3.8) is 0 Å². The Morgan fingerprint density at radius 1 is 1.12 bits per heavy atom. The number of amides is 1. The molecular weight excluding hydrogens is 236 g/mol. The standard InChI is InChI=1S/C12H22N2O2S/c1-11(15)17-10-4-3-5-12(16)14-8-6-13(2)7-9-14/h3-10H2,1-2H3. The fourth-order valence-electron chi connectivity index (χ4n) is 1.81. The van der Waals surface area contributed by atoms with E-state index in [1.807, 2.05) is 4.90 Å².